The second-order valence-corrected chi connectivity index (χ2v) is 7.02. The first kappa shape index (κ1) is 19.1. The van der Waals surface area contributed by atoms with Gasteiger partial charge >= 0.3 is 0 Å². The second-order valence-electron chi connectivity index (χ2n) is 7.02. The summed E-state index contributed by atoms with van der Waals surface area (Å²) in [5.41, 5.74) is 2.68. The third kappa shape index (κ3) is 3.87. The standard InChI is InChI=1S/C19H26N6.HI/c1-14-22-23-18(24(14)2)13-20-19(21-16-8-4-5-9-16)25-12-11-15-7-3-6-10-17(15)25;/h3,6-7,10,16H,4-5,8-9,11-13H2,1-2H3,(H,20,21);1H. The molecule has 1 saturated carbocycles. The number of aromatic nitrogens is 3. The minimum absolute atomic E-state index is 0. The fourth-order valence-corrected chi connectivity index (χ4v) is 3.75. The highest BCUT2D eigenvalue weighted by Crippen LogP contribution is 2.28. The maximum absolute atomic E-state index is 4.92. The molecule has 0 radical (unpaired) electrons. The number of aliphatic imine (C=N–C) groups is 1. The number of hydrogen-bond acceptors (Lipinski definition) is 3. The molecule has 7 heteroatoms. The van der Waals surface area contributed by atoms with Crippen LogP contribution in [0.2, 0.25) is 0 Å². The average Bonchev–Trinajstić information content (AvgIpc) is 3.35. The molecule has 1 aliphatic carbocycles. The molecule has 0 amide bonds. The van der Waals surface area contributed by atoms with Gasteiger partial charge in [-0.1, -0.05) is 31.0 Å². The third-order valence-electron chi connectivity index (χ3n) is 5.38. The van der Waals surface area contributed by atoms with E-state index >= 15 is 0 Å². The summed E-state index contributed by atoms with van der Waals surface area (Å²) in [7, 11) is 2.00. The largest absolute Gasteiger partial charge is 0.353 e. The molecule has 2 aliphatic rings. The fourth-order valence-electron chi connectivity index (χ4n) is 3.75. The molecule has 1 aromatic heterocycles. The molecule has 140 valence electrons. The molecule has 2 aromatic rings. The molecule has 2 heterocycles. The van der Waals surface area contributed by atoms with Crippen molar-refractivity contribution in [3.63, 3.8) is 0 Å². The lowest BCUT2D eigenvalue weighted by Crippen LogP contribution is -2.45. The van der Waals surface area contributed by atoms with Crippen LogP contribution in [-0.2, 0) is 20.0 Å². The molecule has 0 spiro atoms. The Hall–Kier alpha value is -1.64. The van der Waals surface area contributed by atoms with Crippen molar-refractivity contribution in [1.82, 2.24) is 20.1 Å². The monoisotopic (exact) mass is 466 g/mol. The van der Waals surface area contributed by atoms with Crippen LogP contribution in [0.1, 0.15) is 42.9 Å². The van der Waals surface area contributed by atoms with Gasteiger partial charge in [-0.3, -0.25) is 0 Å². The van der Waals surface area contributed by atoms with Gasteiger partial charge in [0.05, 0.1) is 0 Å². The van der Waals surface area contributed by atoms with Crippen LogP contribution in [0.15, 0.2) is 29.3 Å². The van der Waals surface area contributed by atoms with Crippen molar-refractivity contribution in [2.45, 2.75) is 51.6 Å². The molecular formula is C19H27IN6. The lowest BCUT2D eigenvalue weighted by atomic mass is 10.2. The van der Waals surface area contributed by atoms with Crippen LogP contribution in [0, 0.1) is 6.92 Å². The number of guanidine groups is 1. The Balaban J connectivity index is 0.00000196. The number of anilines is 1. The molecule has 26 heavy (non-hydrogen) atoms. The van der Waals surface area contributed by atoms with Crippen molar-refractivity contribution in [2.75, 3.05) is 11.4 Å². The Morgan fingerprint density at radius 1 is 1.23 bits per heavy atom. The van der Waals surface area contributed by atoms with Gasteiger partial charge in [-0.2, -0.15) is 0 Å². The van der Waals surface area contributed by atoms with E-state index < -0.39 is 0 Å². The van der Waals surface area contributed by atoms with Crippen molar-refractivity contribution >= 4 is 35.6 Å². The minimum Gasteiger partial charge on any atom is -0.353 e. The summed E-state index contributed by atoms with van der Waals surface area (Å²) in [5.74, 6) is 2.80. The molecule has 6 nitrogen and oxygen atoms in total. The fraction of sp³-hybridized carbons (Fsp3) is 0.526. The number of hydrogen-bond donors (Lipinski definition) is 1. The number of aryl methyl sites for hydroxylation is 1. The Morgan fingerprint density at radius 2 is 2.00 bits per heavy atom. The first-order valence-corrected chi connectivity index (χ1v) is 9.23. The second kappa shape index (κ2) is 8.37. The van der Waals surface area contributed by atoms with Crippen LogP contribution in [0.5, 0.6) is 0 Å². The maximum Gasteiger partial charge on any atom is 0.199 e. The van der Waals surface area contributed by atoms with Gasteiger partial charge in [0.15, 0.2) is 11.8 Å². The molecule has 1 N–H and O–H groups in total. The zero-order valence-electron chi connectivity index (χ0n) is 15.5. The first-order chi connectivity index (χ1) is 12.2. The maximum atomic E-state index is 4.92. The van der Waals surface area contributed by atoms with E-state index in [1.807, 2.05) is 18.5 Å². The van der Waals surface area contributed by atoms with Crippen molar-refractivity contribution < 1.29 is 0 Å². The van der Waals surface area contributed by atoms with E-state index in [1.165, 1.54) is 36.9 Å². The molecule has 0 atom stereocenters. The SMILES string of the molecule is Cc1nnc(CN=C(NC2CCCC2)N2CCc3ccccc32)n1C.I. The van der Waals surface area contributed by atoms with Crippen LogP contribution >= 0.6 is 24.0 Å². The van der Waals surface area contributed by atoms with Crippen LogP contribution in [0.3, 0.4) is 0 Å². The zero-order valence-corrected chi connectivity index (χ0v) is 17.8. The third-order valence-corrected chi connectivity index (χ3v) is 5.38. The van der Waals surface area contributed by atoms with Crippen LogP contribution < -0.4 is 10.2 Å². The smallest absolute Gasteiger partial charge is 0.199 e. The summed E-state index contributed by atoms with van der Waals surface area (Å²) in [4.78, 5) is 7.25. The van der Waals surface area contributed by atoms with Gasteiger partial charge in [0.1, 0.15) is 12.4 Å². The predicted molar refractivity (Wildman–Crippen MR) is 115 cm³/mol. The number of fused-ring (bicyclic) bond motifs is 1. The van der Waals surface area contributed by atoms with Crippen molar-refractivity contribution in [3.8, 4) is 0 Å². The summed E-state index contributed by atoms with van der Waals surface area (Å²) in [6, 6.07) is 9.17. The van der Waals surface area contributed by atoms with Gasteiger partial charge in [-0.15, -0.1) is 34.2 Å². The van der Waals surface area contributed by atoms with Gasteiger partial charge in [-0.25, -0.2) is 4.99 Å². The van der Waals surface area contributed by atoms with E-state index in [0.29, 0.717) is 12.6 Å². The van der Waals surface area contributed by atoms with Gasteiger partial charge in [0.25, 0.3) is 0 Å². The molecule has 0 saturated heterocycles. The van der Waals surface area contributed by atoms with Gasteiger partial charge in [-0.05, 0) is 37.8 Å². The van der Waals surface area contributed by atoms with E-state index in [-0.39, 0.29) is 24.0 Å². The summed E-state index contributed by atoms with van der Waals surface area (Å²) >= 11 is 0. The Morgan fingerprint density at radius 3 is 2.73 bits per heavy atom. The summed E-state index contributed by atoms with van der Waals surface area (Å²) in [5, 5.41) is 12.1. The van der Waals surface area contributed by atoms with E-state index in [4.69, 9.17) is 4.99 Å². The number of halogens is 1. The zero-order chi connectivity index (χ0) is 17.2. The molecule has 1 fully saturated rings. The number of nitrogens with zero attached hydrogens (tertiary/aromatic N) is 5. The molecule has 4 rings (SSSR count). The molecule has 1 aliphatic heterocycles. The van der Waals surface area contributed by atoms with E-state index in [9.17, 15) is 0 Å². The van der Waals surface area contributed by atoms with Gasteiger partial charge in [0.2, 0.25) is 0 Å². The highest BCUT2D eigenvalue weighted by Gasteiger charge is 2.25. The number of rotatable bonds is 3. The highest BCUT2D eigenvalue weighted by molar-refractivity contribution is 14.0. The number of para-hydroxylation sites is 1. The Kier molecular flexibility index (Phi) is 6.16. The van der Waals surface area contributed by atoms with Gasteiger partial charge in [0, 0.05) is 25.3 Å². The average molecular weight is 466 g/mol. The summed E-state index contributed by atoms with van der Waals surface area (Å²) in [6.45, 7) is 3.50. The first-order valence-electron chi connectivity index (χ1n) is 9.23. The molecule has 0 unspecified atom stereocenters. The van der Waals surface area contributed by atoms with Crippen LogP contribution in [0.4, 0.5) is 5.69 Å². The minimum atomic E-state index is 0. The molecule has 0 bridgehead atoms. The van der Waals surface area contributed by atoms with Crippen molar-refractivity contribution in [3.05, 3.63) is 41.5 Å². The Labute approximate surface area is 172 Å². The van der Waals surface area contributed by atoms with Gasteiger partial charge < -0.3 is 14.8 Å². The highest BCUT2D eigenvalue weighted by atomic mass is 127. The van der Waals surface area contributed by atoms with E-state index in [1.54, 1.807) is 0 Å². The van der Waals surface area contributed by atoms with E-state index in [2.05, 4.69) is 44.7 Å². The lowest BCUT2D eigenvalue weighted by molar-refractivity contribution is 0.619. The number of nitrogens with one attached hydrogen (secondary N) is 1. The van der Waals surface area contributed by atoms with Crippen molar-refractivity contribution in [2.24, 2.45) is 12.0 Å². The number of benzene rings is 1. The molecule has 1 aromatic carbocycles. The molecular weight excluding hydrogens is 439 g/mol. The predicted octanol–water partition coefficient (Wildman–Crippen LogP) is 3.19. The topological polar surface area (TPSA) is 58.3 Å². The summed E-state index contributed by atoms with van der Waals surface area (Å²) in [6.07, 6.45) is 6.16. The lowest BCUT2D eigenvalue weighted by Gasteiger charge is -2.25. The van der Waals surface area contributed by atoms with Crippen molar-refractivity contribution in [1.29, 1.82) is 0 Å². The normalized spacial score (nSPS) is 17.3. The summed E-state index contributed by atoms with van der Waals surface area (Å²) < 4.78 is 2.01. The van der Waals surface area contributed by atoms with Crippen LogP contribution in [-0.4, -0.2) is 33.3 Å². The quantitative estimate of drug-likeness (QED) is 0.429. The van der Waals surface area contributed by atoms with Crippen LogP contribution in [0.25, 0.3) is 0 Å². The Bertz CT molecular complexity index is 778. The van der Waals surface area contributed by atoms with E-state index in [0.717, 1.165) is 30.6 Å².